The zero-order chi connectivity index (χ0) is 13.8. The molecule has 1 saturated heterocycles. The summed E-state index contributed by atoms with van der Waals surface area (Å²) >= 11 is 0. The minimum atomic E-state index is -0.654. The first-order valence-corrected chi connectivity index (χ1v) is 6.01. The molecule has 6 nitrogen and oxygen atoms in total. The molecule has 0 aromatic heterocycles. The zero-order valence-corrected chi connectivity index (χ0v) is 10.2. The lowest BCUT2D eigenvalue weighted by Crippen LogP contribution is -2.47. The highest BCUT2D eigenvalue weighted by Gasteiger charge is 2.21. The summed E-state index contributed by atoms with van der Waals surface area (Å²) < 4.78 is 13.2. The third-order valence-corrected chi connectivity index (χ3v) is 2.99. The number of piperidine rings is 1. The van der Waals surface area contributed by atoms with Crippen molar-refractivity contribution in [1.29, 1.82) is 0 Å². The summed E-state index contributed by atoms with van der Waals surface area (Å²) in [5.41, 5.74) is 0.162. The van der Waals surface area contributed by atoms with Crippen molar-refractivity contribution in [2.24, 2.45) is 0 Å². The van der Waals surface area contributed by atoms with Gasteiger partial charge in [0.15, 0.2) is 0 Å². The van der Waals surface area contributed by atoms with Crippen molar-refractivity contribution in [3.8, 4) is 0 Å². The Morgan fingerprint density at radius 2 is 2.26 bits per heavy atom. The summed E-state index contributed by atoms with van der Waals surface area (Å²) in [6, 6.07) is 3.07. The Hall–Kier alpha value is -2.02. The van der Waals surface area contributed by atoms with Crippen LogP contribution in [-0.2, 0) is 11.3 Å². The average Bonchev–Trinajstić information content (AvgIpc) is 2.37. The first-order chi connectivity index (χ1) is 9.06. The second kappa shape index (κ2) is 5.75. The van der Waals surface area contributed by atoms with E-state index in [0.717, 1.165) is 12.5 Å². The van der Waals surface area contributed by atoms with Gasteiger partial charge in [-0.3, -0.25) is 14.9 Å². The van der Waals surface area contributed by atoms with Crippen LogP contribution in [-0.4, -0.2) is 23.4 Å². The summed E-state index contributed by atoms with van der Waals surface area (Å²) in [6.07, 6.45) is 1.59. The minimum Gasteiger partial charge on any atom is -0.355 e. The van der Waals surface area contributed by atoms with Gasteiger partial charge in [-0.25, -0.2) is 4.39 Å². The lowest BCUT2D eigenvalue weighted by atomic mass is 10.1. The number of carbonyl (C=O) groups excluding carboxylic acids is 1. The Balaban J connectivity index is 2.02. The van der Waals surface area contributed by atoms with Crippen LogP contribution in [0.5, 0.6) is 0 Å². The van der Waals surface area contributed by atoms with Crippen LogP contribution in [0.25, 0.3) is 0 Å². The molecule has 0 bridgehead atoms. The molecule has 0 radical (unpaired) electrons. The SMILES string of the molecule is O=C1NCCCC1NCc1cc(F)cc([N+](=O)[O-])c1. The highest BCUT2D eigenvalue weighted by molar-refractivity contribution is 5.82. The zero-order valence-electron chi connectivity index (χ0n) is 10.2. The fourth-order valence-electron chi connectivity index (χ4n) is 2.05. The molecule has 19 heavy (non-hydrogen) atoms. The van der Waals surface area contributed by atoms with E-state index in [1.165, 1.54) is 12.1 Å². The first kappa shape index (κ1) is 13.4. The molecule has 102 valence electrons. The van der Waals surface area contributed by atoms with Gasteiger partial charge in [-0.1, -0.05) is 0 Å². The van der Waals surface area contributed by atoms with E-state index in [2.05, 4.69) is 10.6 Å². The monoisotopic (exact) mass is 267 g/mol. The molecule has 7 heteroatoms. The van der Waals surface area contributed by atoms with E-state index in [1.807, 2.05) is 0 Å². The number of nitrogens with zero attached hydrogens (tertiary/aromatic N) is 1. The number of nitrogens with one attached hydrogen (secondary N) is 2. The van der Waals surface area contributed by atoms with Gasteiger partial charge in [0.05, 0.1) is 17.0 Å². The van der Waals surface area contributed by atoms with Crippen molar-refractivity contribution in [2.45, 2.75) is 25.4 Å². The van der Waals surface area contributed by atoms with Crippen molar-refractivity contribution < 1.29 is 14.1 Å². The molecule has 1 unspecified atom stereocenters. The lowest BCUT2D eigenvalue weighted by Gasteiger charge is -2.22. The van der Waals surface area contributed by atoms with Gasteiger partial charge in [-0.15, -0.1) is 0 Å². The molecule has 1 atom stereocenters. The van der Waals surface area contributed by atoms with E-state index in [9.17, 15) is 19.3 Å². The molecular weight excluding hydrogens is 253 g/mol. The molecule has 1 amide bonds. The van der Waals surface area contributed by atoms with Crippen LogP contribution in [0.3, 0.4) is 0 Å². The molecule has 1 aliphatic rings. The quantitative estimate of drug-likeness (QED) is 0.632. The van der Waals surface area contributed by atoms with Crippen molar-refractivity contribution in [1.82, 2.24) is 10.6 Å². The van der Waals surface area contributed by atoms with Crippen molar-refractivity contribution in [3.05, 3.63) is 39.7 Å². The van der Waals surface area contributed by atoms with E-state index < -0.39 is 10.7 Å². The third-order valence-electron chi connectivity index (χ3n) is 2.99. The average molecular weight is 267 g/mol. The third kappa shape index (κ3) is 3.47. The summed E-state index contributed by atoms with van der Waals surface area (Å²) in [5, 5.41) is 16.3. The van der Waals surface area contributed by atoms with Gasteiger partial charge in [0, 0.05) is 19.2 Å². The second-order valence-electron chi connectivity index (χ2n) is 4.44. The van der Waals surface area contributed by atoms with Crippen LogP contribution in [0.15, 0.2) is 18.2 Å². The number of non-ortho nitro benzene ring substituents is 1. The van der Waals surface area contributed by atoms with Crippen LogP contribution in [0.2, 0.25) is 0 Å². The molecule has 1 fully saturated rings. The fraction of sp³-hybridized carbons (Fsp3) is 0.417. The van der Waals surface area contributed by atoms with Crippen LogP contribution in [0.1, 0.15) is 18.4 Å². The molecule has 1 aliphatic heterocycles. The Bertz CT molecular complexity index is 507. The minimum absolute atomic E-state index is 0.0860. The summed E-state index contributed by atoms with van der Waals surface area (Å²) in [5.74, 6) is -0.740. The summed E-state index contributed by atoms with van der Waals surface area (Å²) in [7, 11) is 0. The maximum atomic E-state index is 13.2. The van der Waals surface area contributed by atoms with Gasteiger partial charge < -0.3 is 10.6 Å². The van der Waals surface area contributed by atoms with Gasteiger partial charge in [-0.05, 0) is 24.5 Å². The highest BCUT2D eigenvalue weighted by Crippen LogP contribution is 2.16. The van der Waals surface area contributed by atoms with E-state index in [4.69, 9.17) is 0 Å². The van der Waals surface area contributed by atoms with Gasteiger partial charge in [-0.2, -0.15) is 0 Å². The molecule has 1 heterocycles. The normalized spacial score (nSPS) is 19.0. The summed E-state index contributed by atoms with van der Waals surface area (Å²) in [4.78, 5) is 21.5. The Labute approximate surface area is 109 Å². The standard InChI is InChI=1S/C12H14FN3O3/c13-9-4-8(5-10(6-9)16(18)19)7-15-11-2-1-3-14-12(11)17/h4-6,11,15H,1-3,7H2,(H,14,17). The Morgan fingerprint density at radius 1 is 1.47 bits per heavy atom. The predicted octanol–water partition coefficient (Wildman–Crippen LogP) is 1.10. The van der Waals surface area contributed by atoms with E-state index in [1.54, 1.807) is 0 Å². The van der Waals surface area contributed by atoms with Crippen molar-refractivity contribution >= 4 is 11.6 Å². The van der Waals surface area contributed by atoms with Crippen LogP contribution in [0.4, 0.5) is 10.1 Å². The number of nitro benzene ring substituents is 1. The number of hydrogen-bond acceptors (Lipinski definition) is 4. The molecule has 1 aromatic carbocycles. The Kier molecular flexibility index (Phi) is 4.06. The van der Waals surface area contributed by atoms with Gasteiger partial charge in [0.25, 0.3) is 5.69 Å². The topological polar surface area (TPSA) is 84.3 Å². The molecule has 0 saturated carbocycles. The highest BCUT2D eigenvalue weighted by atomic mass is 19.1. The van der Waals surface area contributed by atoms with E-state index >= 15 is 0 Å². The molecular formula is C12H14FN3O3. The molecule has 1 aromatic rings. The number of benzene rings is 1. The van der Waals surface area contributed by atoms with E-state index in [0.29, 0.717) is 18.5 Å². The molecule has 2 N–H and O–H groups in total. The number of carbonyl (C=O) groups is 1. The molecule has 0 spiro atoms. The van der Waals surface area contributed by atoms with Crippen LogP contribution in [0, 0.1) is 15.9 Å². The van der Waals surface area contributed by atoms with Gasteiger partial charge in [0.1, 0.15) is 5.82 Å². The van der Waals surface area contributed by atoms with Crippen molar-refractivity contribution in [2.75, 3.05) is 6.54 Å². The first-order valence-electron chi connectivity index (χ1n) is 6.01. The number of halogens is 1. The summed E-state index contributed by atoms with van der Waals surface area (Å²) in [6.45, 7) is 0.888. The Morgan fingerprint density at radius 3 is 2.95 bits per heavy atom. The van der Waals surface area contributed by atoms with E-state index in [-0.39, 0.29) is 24.2 Å². The maximum Gasteiger partial charge on any atom is 0.272 e. The smallest absolute Gasteiger partial charge is 0.272 e. The number of amides is 1. The second-order valence-corrected chi connectivity index (χ2v) is 4.44. The maximum absolute atomic E-state index is 13.2. The molecule has 0 aliphatic carbocycles. The van der Waals surface area contributed by atoms with Gasteiger partial charge >= 0.3 is 0 Å². The van der Waals surface area contributed by atoms with Crippen LogP contribution >= 0.6 is 0 Å². The lowest BCUT2D eigenvalue weighted by molar-refractivity contribution is -0.385. The predicted molar refractivity (Wildman–Crippen MR) is 65.9 cm³/mol. The number of rotatable bonds is 4. The largest absolute Gasteiger partial charge is 0.355 e. The number of hydrogen-bond donors (Lipinski definition) is 2. The van der Waals surface area contributed by atoms with Crippen molar-refractivity contribution in [3.63, 3.8) is 0 Å². The fourth-order valence-corrected chi connectivity index (χ4v) is 2.05. The van der Waals surface area contributed by atoms with Gasteiger partial charge in [0.2, 0.25) is 5.91 Å². The van der Waals surface area contributed by atoms with Crippen LogP contribution < -0.4 is 10.6 Å². The number of nitro groups is 1. The molecule has 2 rings (SSSR count).